The third-order valence-corrected chi connectivity index (χ3v) is 8.15. The Labute approximate surface area is 166 Å². The first-order valence-corrected chi connectivity index (χ1v) is 11.6. The molecule has 1 fully saturated rings. The van der Waals surface area contributed by atoms with Crippen LogP contribution in [-0.4, -0.2) is 61.9 Å². The fraction of sp³-hybridized carbons (Fsp3) is 0.529. The predicted molar refractivity (Wildman–Crippen MR) is 107 cm³/mol. The number of sulfonamides is 1. The van der Waals surface area contributed by atoms with Gasteiger partial charge < -0.3 is 9.64 Å². The predicted octanol–water partition coefficient (Wildman–Crippen LogP) is 1.97. The summed E-state index contributed by atoms with van der Waals surface area (Å²) >= 11 is 2.17. The summed E-state index contributed by atoms with van der Waals surface area (Å²) in [5.74, 6) is -0.133. The van der Waals surface area contributed by atoms with Crippen LogP contribution in [0.3, 0.4) is 0 Å². The molecular weight excluding hydrogens is 408 g/mol. The molecule has 2 heterocycles. The largest absolute Gasteiger partial charge is 0.366 e. The van der Waals surface area contributed by atoms with Crippen LogP contribution >= 0.6 is 22.7 Å². The molecule has 0 spiro atoms. The summed E-state index contributed by atoms with van der Waals surface area (Å²) in [6, 6.07) is 4.77. The summed E-state index contributed by atoms with van der Waals surface area (Å²) in [4.78, 5) is 25.5. The van der Waals surface area contributed by atoms with Crippen molar-refractivity contribution in [2.45, 2.75) is 31.3 Å². The third kappa shape index (κ3) is 4.75. The first kappa shape index (κ1) is 20.4. The van der Waals surface area contributed by atoms with E-state index >= 15 is 0 Å². The van der Waals surface area contributed by atoms with Gasteiger partial charge in [-0.15, -0.1) is 0 Å². The second-order valence-corrected chi connectivity index (χ2v) is 11.5. The second kappa shape index (κ2) is 7.59. The number of hydrogen-bond acceptors (Lipinski definition) is 7. The van der Waals surface area contributed by atoms with Crippen LogP contribution < -0.4 is 4.06 Å². The summed E-state index contributed by atoms with van der Waals surface area (Å²) in [5, 5.41) is 0. The molecule has 1 aliphatic rings. The number of hydrogen-bond donors (Lipinski definition) is 0. The lowest BCUT2D eigenvalue weighted by atomic mass is 10.2. The lowest BCUT2D eigenvalue weighted by Gasteiger charge is -2.34. The highest BCUT2D eigenvalue weighted by atomic mass is 32.2. The zero-order valence-corrected chi connectivity index (χ0v) is 17.9. The highest BCUT2D eigenvalue weighted by Gasteiger charge is 2.30. The van der Waals surface area contributed by atoms with Gasteiger partial charge in [-0.2, -0.15) is 4.31 Å². The molecule has 0 aliphatic carbocycles. The fourth-order valence-corrected chi connectivity index (χ4v) is 6.20. The van der Waals surface area contributed by atoms with Crippen LogP contribution in [0.15, 0.2) is 27.9 Å². The van der Waals surface area contributed by atoms with E-state index in [9.17, 15) is 18.0 Å². The van der Waals surface area contributed by atoms with Gasteiger partial charge in [-0.3, -0.25) is 9.59 Å². The van der Waals surface area contributed by atoms with Crippen molar-refractivity contribution >= 4 is 48.0 Å². The zero-order valence-electron chi connectivity index (χ0n) is 15.4. The maximum absolute atomic E-state index is 12.9. The van der Waals surface area contributed by atoms with Gasteiger partial charge in [0.2, 0.25) is 15.9 Å². The molecule has 10 heteroatoms. The number of carbonyl (C=O) groups is 1. The number of ether oxygens (including phenoxy) is 1. The van der Waals surface area contributed by atoms with Gasteiger partial charge in [0.05, 0.1) is 15.2 Å². The molecule has 0 N–H and O–H groups in total. The van der Waals surface area contributed by atoms with Crippen LogP contribution in [0.1, 0.15) is 20.8 Å². The lowest BCUT2D eigenvalue weighted by Crippen LogP contribution is -2.51. The van der Waals surface area contributed by atoms with Crippen molar-refractivity contribution in [1.29, 1.82) is 0 Å². The number of benzene rings is 1. The van der Waals surface area contributed by atoms with E-state index in [0.29, 0.717) is 17.8 Å². The molecule has 0 unspecified atom stereocenters. The smallest absolute Gasteiger partial charge is 0.288 e. The van der Waals surface area contributed by atoms with Gasteiger partial charge in [0.15, 0.2) is 0 Å². The Balaban J connectivity index is 1.67. The number of nitrogens with zero attached hydrogens (tertiary/aromatic N) is 2. The van der Waals surface area contributed by atoms with Crippen molar-refractivity contribution < 1.29 is 17.9 Å². The van der Waals surface area contributed by atoms with Crippen LogP contribution in [0.4, 0.5) is 0 Å². The number of fused-ring (bicyclic) bond motifs is 1. The van der Waals surface area contributed by atoms with E-state index in [-0.39, 0.29) is 34.6 Å². The fourth-order valence-electron chi connectivity index (χ4n) is 2.71. The SMILES string of the molecule is CC(C)(C)OCC(=O)N1CCN(S(=O)(=O)c2ccc3sc(=O)sc3c2)CC1. The number of carbonyl (C=O) groups excluding carboxylic acids is 1. The second-order valence-electron chi connectivity index (χ2n) is 7.25. The van der Waals surface area contributed by atoms with Crippen molar-refractivity contribution in [2.75, 3.05) is 32.8 Å². The molecule has 1 aliphatic heterocycles. The molecule has 0 atom stereocenters. The minimum atomic E-state index is -3.66. The van der Waals surface area contributed by atoms with E-state index in [4.69, 9.17) is 4.74 Å². The summed E-state index contributed by atoms with van der Waals surface area (Å²) in [6.45, 7) is 6.77. The topological polar surface area (TPSA) is 84.0 Å². The number of amides is 1. The van der Waals surface area contributed by atoms with Crippen molar-refractivity contribution in [3.8, 4) is 0 Å². The molecule has 27 heavy (non-hydrogen) atoms. The van der Waals surface area contributed by atoms with Gasteiger partial charge in [-0.1, -0.05) is 22.7 Å². The Hall–Kier alpha value is -1.33. The van der Waals surface area contributed by atoms with Gasteiger partial charge in [0, 0.05) is 30.9 Å². The Morgan fingerprint density at radius 3 is 2.37 bits per heavy atom. The van der Waals surface area contributed by atoms with Gasteiger partial charge in [0.25, 0.3) is 4.06 Å². The molecule has 0 saturated carbocycles. The average Bonchev–Trinajstić information content (AvgIpc) is 2.98. The first-order valence-electron chi connectivity index (χ1n) is 8.52. The average molecular weight is 431 g/mol. The molecule has 1 saturated heterocycles. The third-order valence-electron chi connectivity index (χ3n) is 4.16. The van der Waals surface area contributed by atoms with Crippen molar-refractivity contribution in [2.24, 2.45) is 0 Å². The van der Waals surface area contributed by atoms with E-state index in [1.807, 2.05) is 20.8 Å². The summed E-state index contributed by atoms with van der Waals surface area (Å²) < 4.78 is 34.1. The number of rotatable bonds is 4. The lowest BCUT2D eigenvalue weighted by molar-refractivity contribution is -0.142. The molecule has 0 radical (unpaired) electrons. The summed E-state index contributed by atoms with van der Waals surface area (Å²) in [6.07, 6.45) is 0. The molecule has 1 aromatic heterocycles. The molecule has 0 bridgehead atoms. The van der Waals surface area contributed by atoms with Crippen LogP contribution in [0.25, 0.3) is 9.40 Å². The minimum absolute atomic E-state index is 0.00993. The molecule has 1 aromatic carbocycles. The monoisotopic (exact) mass is 430 g/mol. The molecule has 1 amide bonds. The van der Waals surface area contributed by atoms with Crippen LogP contribution in [-0.2, 0) is 19.6 Å². The van der Waals surface area contributed by atoms with E-state index < -0.39 is 15.6 Å². The van der Waals surface area contributed by atoms with Crippen LogP contribution in [0.2, 0.25) is 0 Å². The van der Waals surface area contributed by atoms with Crippen molar-refractivity contribution in [3.05, 3.63) is 27.0 Å². The molecule has 7 nitrogen and oxygen atoms in total. The quantitative estimate of drug-likeness (QED) is 0.741. The van der Waals surface area contributed by atoms with E-state index in [2.05, 4.69) is 0 Å². The molecule has 3 rings (SSSR count). The van der Waals surface area contributed by atoms with Gasteiger partial charge >= 0.3 is 0 Å². The Morgan fingerprint density at radius 1 is 1.11 bits per heavy atom. The van der Waals surface area contributed by atoms with Crippen LogP contribution in [0, 0.1) is 0 Å². The Morgan fingerprint density at radius 2 is 1.74 bits per heavy atom. The molecule has 148 valence electrons. The molecule has 2 aromatic rings. The normalized spacial score (nSPS) is 16.8. The van der Waals surface area contributed by atoms with E-state index in [0.717, 1.165) is 27.4 Å². The standard InChI is InChI=1S/C17H22N2O5S3/c1-17(2,3)24-11-15(20)18-6-8-19(9-7-18)27(22,23)12-4-5-13-14(10-12)26-16(21)25-13/h4-5,10H,6-9,11H2,1-3H3. The zero-order chi connectivity index (χ0) is 19.8. The highest BCUT2D eigenvalue weighted by Crippen LogP contribution is 2.26. The molecular formula is C17H22N2O5S3. The van der Waals surface area contributed by atoms with Crippen molar-refractivity contribution in [1.82, 2.24) is 9.21 Å². The summed E-state index contributed by atoms with van der Waals surface area (Å²) in [7, 11) is -3.66. The first-order chi connectivity index (χ1) is 12.6. The maximum Gasteiger partial charge on any atom is 0.288 e. The van der Waals surface area contributed by atoms with Gasteiger partial charge in [-0.05, 0) is 39.0 Å². The highest BCUT2D eigenvalue weighted by molar-refractivity contribution is 7.89. The van der Waals surface area contributed by atoms with E-state index in [1.165, 1.54) is 10.4 Å². The Kier molecular flexibility index (Phi) is 5.74. The van der Waals surface area contributed by atoms with E-state index in [1.54, 1.807) is 17.0 Å². The minimum Gasteiger partial charge on any atom is -0.366 e. The van der Waals surface area contributed by atoms with Gasteiger partial charge in [-0.25, -0.2) is 8.42 Å². The van der Waals surface area contributed by atoms with Gasteiger partial charge in [0.1, 0.15) is 6.61 Å². The maximum atomic E-state index is 12.9. The summed E-state index contributed by atoms with van der Waals surface area (Å²) in [5.41, 5.74) is -0.397. The van der Waals surface area contributed by atoms with Crippen molar-refractivity contribution in [3.63, 3.8) is 0 Å². The Bertz CT molecular complexity index is 995. The van der Waals surface area contributed by atoms with Crippen LogP contribution in [0.5, 0.6) is 0 Å². The number of piperazine rings is 1.